The van der Waals surface area contributed by atoms with Gasteiger partial charge in [-0.3, -0.25) is 4.79 Å². The van der Waals surface area contributed by atoms with E-state index < -0.39 is 0 Å². The lowest BCUT2D eigenvalue weighted by Crippen LogP contribution is -2.17. The van der Waals surface area contributed by atoms with Crippen LogP contribution in [0.25, 0.3) is 0 Å². The minimum Gasteiger partial charge on any atom is -0.493 e. The first kappa shape index (κ1) is 18.8. The second-order valence-electron chi connectivity index (χ2n) is 5.86. The molecule has 0 spiro atoms. The fraction of sp³-hybridized carbons (Fsp3) is 0.368. The van der Waals surface area contributed by atoms with Crippen molar-refractivity contribution < 1.29 is 28.5 Å². The molecule has 1 saturated heterocycles. The van der Waals surface area contributed by atoms with Crippen LogP contribution in [-0.2, 0) is 4.74 Å². The van der Waals surface area contributed by atoms with Crippen molar-refractivity contribution in [1.82, 2.24) is 4.98 Å². The Morgan fingerprint density at radius 3 is 2.41 bits per heavy atom. The Hall–Kier alpha value is -3.00. The van der Waals surface area contributed by atoms with Crippen molar-refractivity contribution in [3.63, 3.8) is 0 Å². The summed E-state index contributed by atoms with van der Waals surface area (Å²) in [5.74, 6) is 1.51. The highest BCUT2D eigenvalue weighted by molar-refractivity contribution is 6.04. The molecule has 0 aliphatic carbocycles. The van der Waals surface area contributed by atoms with Gasteiger partial charge in [0.1, 0.15) is 6.10 Å². The monoisotopic (exact) mass is 374 g/mol. The van der Waals surface area contributed by atoms with E-state index in [1.165, 1.54) is 27.5 Å². The predicted octanol–water partition coefficient (Wildman–Crippen LogP) is 2.53. The molecule has 0 bridgehead atoms. The molecule has 1 aliphatic rings. The maximum atomic E-state index is 12.5. The van der Waals surface area contributed by atoms with Gasteiger partial charge >= 0.3 is 0 Å². The molecular formula is C19H22N2O6. The van der Waals surface area contributed by atoms with Crippen molar-refractivity contribution in [2.45, 2.75) is 12.5 Å². The van der Waals surface area contributed by atoms with Gasteiger partial charge in [-0.25, -0.2) is 4.98 Å². The highest BCUT2D eigenvalue weighted by atomic mass is 16.6. The minimum atomic E-state index is -0.312. The number of carbonyl (C=O) groups excluding carboxylic acids is 1. The number of methoxy groups -OCH3 is 3. The maximum absolute atomic E-state index is 12.5. The van der Waals surface area contributed by atoms with E-state index in [1.807, 2.05) is 0 Å². The topological polar surface area (TPSA) is 88.1 Å². The number of amides is 1. The Bertz CT molecular complexity index is 762. The minimum absolute atomic E-state index is 0.0106. The summed E-state index contributed by atoms with van der Waals surface area (Å²) in [6.07, 6.45) is 2.32. The molecule has 1 fully saturated rings. The summed E-state index contributed by atoms with van der Waals surface area (Å²) in [6, 6.07) is 6.64. The van der Waals surface area contributed by atoms with Crippen molar-refractivity contribution in [3.8, 4) is 23.1 Å². The van der Waals surface area contributed by atoms with Crippen molar-refractivity contribution in [2.75, 3.05) is 39.9 Å². The molecule has 144 valence electrons. The molecule has 0 radical (unpaired) electrons. The molecule has 1 amide bonds. The predicted molar refractivity (Wildman–Crippen MR) is 98.1 cm³/mol. The summed E-state index contributed by atoms with van der Waals surface area (Å²) in [5, 5.41) is 2.80. The average Bonchev–Trinajstić information content (AvgIpc) is 3.20. The number of ether oxygens (including phenoxy) is 5. The number of nitrogens with one attached hydrogen (secondary N) is 1. The van der Waals surface area contributed by atoms with Crippen LogP contribution >= 0.6 is 0 Å². The highest BCUT2D eigenvalue weighted by Gasteiger charge is 2.18. The number of hydrogen-bond acceptors (Lipinski definition) is 7. The number of nitrogens with zero attached hydrogens (tertiary/aromatic N) is 1. The normalized spacial score (nSPS) is 15.9. The Kier molecular flexibility index (Phi) is 5.97. The van der Waals surface area contributed by atoms with E-state index in [1.54, 1.807) is 24.3 Å². The van der Waals surface area contributed by atoms with Gasteiger partial charge in [0.05, 0.1) is 40.1 Å². The molecule has 1 N–H and O–H groups in total. The number of pyridine rings is 1. The number of anilines is 1. The van der Waals surface area contributed by atoms with E-state index in [-0.39, 0.29) is 12.0 Å². The third-order valence-electron chi connectivity index (χ3n) is 4.10. The van der Waals surface area contributed by atoms with Crippen LogP contribution in [0.5, 0.6) is 23.1 Å². The van der Waals surface area contributed by atoms with Crippen LogP contribution in [0.1, 0.15) is 16.8 Å². The van der Waals surface area contributed by atoms with E-state index in [0.717, 1.165) is 6.42 Å². The second kappa shape index (κ2) is 8.59. The van der Waals surface area contributed by atoms with Crippen LogP contribution in [0.15, 0.2) is 30.5 Å². The molecule has 1 unspecified atom stereocenters. The number of rotatable bonds is 7. The molecule has 2 heterocycles. The first-order valence-corrected chi connectivity index (χ1v) is 8.46. The van der Waals surface area contributed by atoms with Crippen LogP contribution in [0.4, 0.5) is 5.69 Å². The molecule has 0 saturated carbocycles. The molecule has 8 nitrogen and oxygen atoms in total. The molecule has 3 rings (SSSR count). The number of benzene rings is 1. The van der Waals surface area contributed by atoms with Crippen LogP contribution < -0.4 is 24.3 Å². The van der Waals surface area contributed by atoms with E-state index in [0.29, 0.717) is 47.6 Å². The lowest BCUT2D eigenvalue weighted by molar-refractivity contribution is 0.102. The largest absolute Gasteiger partial charge is 0.493 e. The zero-order valence-corrected chi connectivity index (χ0v) is 15.5. The quantitative estimate of drug-likeness (QED) is 0.797. The zero-order chi connectivity index (χ0) is 19.2. The highest BCUT2D eigenvalue weighted by Crippen LogP contribution is 2.40. The molecule has 1 atom stereocenters. The number of carbonyl (C=O) groups is 1. The third kappa shape index (κ3) is 4.40. The Balaban J connectivity index is 1.71. The maximum Gasteiger partial charge on any atom is 0.257 e. The van der Waals surface area contributed by atoms with Crippen molar-refractivity contribution in [1.29, 1.82) is 0 Å². The lowest BCUT2D eigenvalue weighted by Gasteiger charge is -2.15. The van der Waals surface area contributed by atoms with Crippen LogP contribution in [0.2, 0.25) is 0 Å². The standard InChI is InChI=1S/C19H22N2O6/c1-23-15-8-13(9-16(24-2)18(15)25-3)21-19(22)12-4-5-17(20-10-12)27-14-6-7-26-11-14/h4-5,8-10,14H,6-7,11H2,1-3H3,(H,21,22). The van der Waals surface area contributed by atoms with E-state index in [9.17, 15) is 4.79 Å². The average molecular weight is 374 g/mol. The summed E-state index contributed by atoms with van der Waals surface area (Å²) in [7, 11) is 4.55. The summed E-state index contributed by atoms with van der Waals surface area (Å²) in [6.45, 7) is 1.25. The van der Waals surface area contributed by atoms with Crippen LogP contribution in [-0.4, -0.2) is 51.5 Å². The van der Waals surface area contributed by atoms with Gasteiger partial charge in [-0.2, -0.15) is 0 Å². The van der Waals surface area contributed by atoms with E-state index >= 15 is 0 Å². The fourth-order valence-electron chi connectivity index (χ4n) is 2.72. The van der Waals surface area contributed by atoms with Crippen molar-refractivity contribution in [3.05, 3.63) is 36.0 Å². The Morgan fingerprint density at radius 1 is 1.15 bits per heavy atom. The van der Waals surface area contributed by atoms with Gasteiger partial charge in [0.15, 0.2) is 11.5 Å². The SMILES string of the molecule is COc1cc(NC(=O)c2ccc(OC3CCOC3)nc2)cc(OC)c1OC. The molecule has 8 heteroatoms. The third-order valence-corrected chi connectivity index (χ3v) is 4.10. The molecule has 2 aromatic rings. The van der Waals surface area contributed by atoms with Gasteiger partial charge in [-0.1, -0.05) is 0 Å². The van der Waals surface area contributed by atoms with Gasteiger partial charge in [0.2, 0.25) is 11.6 Å². The summed E-state index contributed by atoms with van der Waals surface area (Å²) in [4.78, 5) is 16.7. The number of hydrogen-bond donors (Lipinski definition) is 1. The summed E-state index contributed by atoms with van der Waals surface area (Å²) < 4.78 is 26.8. The molecule has 1 aliphatic heterocycles. The van der Waals surface area contributed by atoms with Gasteiger partial charge in [0.25, 0.3) is 5.91 Å². The molecule has 27 heavy (non-hydrogen) atoms. The molecular weight excluding hydrogens is 352 g/mol. The van der Waals surface area contributed by atoms with Gasteiger partial charge < -0.3 is 29.0 Å². The smallest absolute Gasteiger partial charge is 0.257 e. The number of aromatic nitrogens is 1. The molecule has 1 aromatic carbocycles. The van der Waals surface area contributed by atoms with Gasteiger partial charge in [-0.15, -0.1) is 0 Å². The van der Waals surface area contributed by atoms with Crippen LogP contribution in [0, 0.1) is 0 Å². The second-order valence-corrected chi connectivity index (χ2v) is 5.86. The summed E-state index contributed by atoms with van der Waals surface area (Å²) >= 11 is 0. The summed E-state index contributed by atoms with van der Waals surface area (Å²) in [5.41, 5.74) is 0.914. The Morgan fingerprint density at radius 2 is 1.89 bits per heavy atom. The fourth-order valence-corrected chi connectivity index (χ4v) is 2.72. The van der Waals surface area contributed by atoms with E-state index in [4.69, 9.17) is 23.7 Å². The Labute approximate surface area is 157 Å². The first-order chi connectivity index (χ1) is 13.1. The lowest BCUT2D eigenvalue weighted by atomic mass is 10.2. The van der Waals surface area contributed by atoms with Crippen molar-refractivity contribution in [2.24, 2.45) is 0 Å². The van der Waals surface area contributed by atoms with Crippen molar-refractivity contribution >= 4 is 11.6 Å². The zero-order valence-electron chi connectivity index (χ0n) is 15.5. The van der Waals surface area contributed by atoms with Crippen LogP contribution in [0.3, 0.4) is 0 Å². The van der Waals surface area contributed by atoms with E-state index in [2.05, 4.69) is 10.3 Å². The first-order valence-electron chi connectivity index (χ1n) is 8.46. The van der Waals surface area contributed by atoms with Gasteiger partial charge in [-0.05, 0) is 6.07 Å². The van der Waals surface area contributed by atoms with Gasteiger partial charge in [0, 0.05) is 36.5 Å². The molecule has 1 aromatic heterocycles.